The molecule has 1 aromatic rings. The number of hydrogen-bond donors (Lipinski definition) is 0. The van der Waals surface area contributed by atoms with E-state index < -0.39 is 0 Å². The minimum atomic E-state index is 1.22. The maximum Gasteiger partial charge on any atom is 0.0134 e. The highest BCUT2D eigenvalue weighted by molar-refractivity contribution is 5.66. The van der Waals surface area contributed by atoms with Crippen LogP contribution in [0.15, 0.2) is 24.3 Å². The lowest BCUT2D eigenvalue weighted by Crippen LogP contribution is -1.92. The standard InChI is InChI=1S/C13H15/c1-2-3-6-11-7-4-8-12-9-5-10-13(11)12/h4-5,7-10H,2-3,6H2,1H3. The maximum absolute atomic E-state index is 2.25. The summed E-state index contributed by atoms with van der Waals surface area (Å²) in [5.41, 5.74) is 4.33. The molecule has 0 aromatic heterocycles. The van der Waals surface area contributed by atoms with E-state index in [1.807, 2.05) is 0 Å². The first kappa shape index (κ1) is 8.55. The Hall–Kier alpha value is -1.04. The van der Waals surface area contributed by atoms with Crippen molar-refractivity contribution >= 4 is 6.08 Å². The number of benzene rings is 1. The Morgan fingerprint density at radius 3 is 3.00 bits per heavy atom. The van der Waals surface area contributed by atoms with Gasteiger partial charge in [0.25, 0.3) is 0 Å². The zero-order valence-electron chi connectivity index (χ0n) is 8.09. The third kappa shape index (κ3) is 1.67. The van der Waals surface area contributed by atoms with Gasteiger partial charge in [0, 0.05) is 6.42 Å². The monoisotopic (exact) mass is 171 g/mol. The van der Waals surface area contributed by atoms with Crippen LogP contribution >= 0.6 is 0 Å². The lowest BCUT2D eigenvalue weighted by molar-refractivity contribution is 0.792. The smallest absolute Gasteiger partial charge is 0.0134 e. The average molecular weight is 171 g/mol. The summed E-state index contributed by atoms with van der Waals surface area (Å²) in [5, 5.41) is 0. The maximum atomic E-state index is 2.25. The molecule has 1 aliphatic carbocycles. The van der Waals surface area contributed by atoms with Crippen LogP contribution in [0.5, 0.6) is 0 Å². The van der Waals surface area contributed by atoms with Crippen molar-refractivity contribution in [1.82, 2.24) is 0 Å². The Morgan fingerprint density at radius 1 is 1.23 bits per heavy atom. The fourth-order valence-corrected chi connectivity index (χ4v) is 1.81. The van der Waals surface area contributed by atoms with E-state index in [9.17, 15) is 0 Å². The summed E-state index contributed by atoms with van der Waals surface area (Å²) in [4.78, 5) is 0. The van der Waals surface area contributed by atoms with Crippen LogP contribution in [0.4, 0.5) is 0 Å². The van der Waals surface area contributed by atoms with Crippen LogP contribution in [0.3, 0.4) is 0 Å². The van der Waals surface area contributed by atoms with Crippen molar-refractivity contribution in [1.29, 1.82) is 0 Å². The van der Waals surface area contributed by atoms with Crippen LogP contribution in [0.2, 0.25) is 0 Å². The molecule has 0 unspecified atom stereocenters. The van der Waals surface area contributed by atoms with Crippen molar-refractivity contribution in [3.63, 3.8) is 0 Å². The Bertz CT molecular complexity index is 321. The van der Waals surface area contributed by atoms with E-state index in [1.54, 1.807) is 0 Å². The van der Waals surface area contributed by atoms with Gasteiger partial charge >= 0.3 is 0 Å². The molecule has 2 rings (SSSR count). The molecule has 0 nitrogen and oxygen atoms in total. The van der Waals surface area contributed by atoms with Gasteiger partial charge in [-0.15, -0.1) is 0 Å². The summed E-state index contributed by atoms with van der Waals surface area (Å²) < 4.78 is 0. The highest BCUT2D eigenvalue weighted by atomic mass is 14.1. The Morgan fingerprint density at radius 2 is 2.15 bits per heavy atom. The summed E-state index contributed by atoms with van der Waals surface area (Å²) >= 11 is 0. The van der Waals surface area contributed by atoms with Crippen LogP contribution in [-0.2, 0) is 6.42 Å². The summed E-state index contributed by atoms with van der Waals surface area (Å²) in [7, 11) is 0. The minimum Gasteiger partial charge on any atom is -0.0754 e. The van der Waals surface area contributed by atoms with E-state index in [0.717, 1.165) is 0 Å². The van der Waals surface area contributed by atoms with E-state index in [0.29, 0.717) is 0 Å². The van der Waals surface area contributed by atoms with Crippen molar-refractivity contribution < 1.29 is 0 Å². The fraction of sp³-hybridized carbons (Fsp3) is 0.308. The molecular formula is C13H15. The minimum absolute atomic E-state index is 1.22. The van der Waals surface area contributed by atoms with Crippen molar-refractivity contribution in [2.24, 2.45) is 0 Å². The summed E-state index contributed by atoms with van der Waals surface area (Å²) in [6, 6.07) is 6.59. The number of unbranched alkanes of at least 4 members (excludes halogenated alkanes) is 1. The summed E-state index contributed by atoms with van der Waals surface area (Å²) in [6.45, 7) is 2.24. The van der Waals surface area contributed by atoms with Gasteiger partial charge in [-0.25, -0.2) is 0 Å². The number of fused-ring (bicyclic) bond motifs is 1. The second kappa shape index (κ2) is 3.78. The van der Waals surface area contributed by atoms with Crippen LogP contribution in [0, 0.1) is 6.42 Å². The molecule has 1 aromatic carbocycles. The molecule has 0 fully saturated rings. The third-order valence-electron chi connectivity index (χ3n) is 2.57. The zero-order chi connectivity index (χ0) is 9.10. The third-order valence-corrected chi connectivity index (χ3v) is 2.57. The van der Waals surface area contributed by atoms with E-state index in [1.165, 1.54) is 36.0 Å². The van der Waals surface area contributed by atoms with Gasteiger partial charge in [-0.1, -0.05) is 43.7 Å². The van der Waals surface area contributed by atoms with Crippen LogP contribution in [0.1, 0.15) is 36.5 Å². The van der Waals surface area contributed by atoms with Crippen LogP contribution < -0.4 is 0 Å². The molecule has 0 saturated heterocycles. The van der Waals surface area contributed by atoms with E-state index in [2.05, 4.69) is 43.7 Å². The van der Waals surface area contributed by atoms with Crippen molar-refractivity contribution in [2.45, 2.75) is 26.2 Å². The van der Waals surface area contributed by atoms with E-state index in [4.69, 9.17) is 0 Å². The van der Waals surface area contributed by atoms with Gasteiger partial charge < -0.3 is 0 Å². The molecule has 0 aliphatic heterocycles. The highest BCUT2D eigenvalue weighted by Gasteiger charge is 2.08. The van der Waals surface area contributed by atoms with Gasteiger partial charge in [-0.2, -0.15) is 0 Å². The first-order chi connectivity index (χ1) is 6.42. The SMILES string of the molecule is CCCCc1cccc2c1[CH]C=C2. The molecule has 0 heterocycles. The second-order valence-electron chi connectivity index (χ2n) is 3.55. The topological polar surface area (TPSA) is 0 Å². The second-order valence-corrected chi connectivity index (χ2v) is 3.55. The van der Waals surface area contributed by atoms with Crippen molar-refractivity contribution in [3.8, 4) is 0 Å². The molecule has 13 heavy (non-hydrogen) atoms. The fourth-order valence-electron chi connectivity index (χ4n) is 1.81. The first-order valence-electron chi connectivity index (χ1n) is 5.05. The van der Waals surface area contributed by atoms with Gasteiger partial charge in [0.1, 0.15) is 0 Å². The first-order valence-corrected chi connectivity index (χ1v) is 5.05. The number of allylic oxidation sites excluding steroid dienone is 1. The van der Waals surface area contributed by atoms with E-state index >= 15 is 0 Å². The van der Waals surface area contributed by atoms with E-state index in [-0.39, 0.29) is 0 Å². The van der Waals surface area contributed by atoms with Crippen LogP contribution in [0.25, 0.3) is 6.08 Å². The van der Waals surface area contributed by atoms with Gasteiger partial charge in [-0.3, -0.25) is 0 Å². The van der Waals surface area contributed by atoms with Gasteiger partial charge in [0.2, 0.25) is 0 Å². The number of hydrogen-bond acceptors (Lipinski definition) is 0. The van der Waals surface area contributed by atoms with Crippen molar-refractivity contribution in [3.05, 3.63) is 47.4 Å². The molecule has 0 amide bonds. The lowest BCUT2D eigenvalue weighted by atomic mass is 9.98. The molecule has 0 bridgehead atoms. The number of rotatable bonds is 3. The van der Waals surface area contributed by atoms with Crippen molar-refractivity contribution in [2.75, 3.05) is 0 Å². The molecule has 0 spiro atoms. The summed E-state index contributed by atoms with van der Waals surface area (Å²) in [6.07, 6.45) is 10.3. The predicted molar refractivity (Wildman–Crippen MR) is 57.5 cm³/mol. The molecular weight excluding hydrogens is 156 g/mol. The molecule has 0 atom stereocenters. The number of aryl methyl sites for hydroxylation is 1. The average Bonchev–Trinajstić information content (AvgIpc) is 2.62. The van der Waals surface area contributed by atoms with Gasteiger partial charge in [0.15, 0.2) is 0 Å². The normalized spacial score (nSPS) is 13.3. The Balaban J connectivity index is 2.23. The van der Waals surface area contributed by atoms with Crippen LogP contribution in [-0.4, -0.2) is 0 Å². The zero-order valence-corrected chi connectivity index (χ0v) is 8.09. The quantitative estimate of drug-likeness (QED) is 0.651. The Kier molecular flexibility index (Phi) is 2.49. The summed E-state index contributed by atoms with van der Waals surface area (Å²) in [5.74, 6) is 0. The lowest BCUT2D eigenvalue weighted by Gasteiger charge is -2.06. The predicted octanol–water partition coefficient (Wildman–Crippen LogP) is 3.61. The molecule has 0 N–H and O–H groups in total. The molecule has 67 valence electrons. The molecule has 1 radical (unpaired) electrons. The van der Waals surface area contributed by atoms with Gasteiger partial charge in [0.05, 0.1) is 0 Å². The largest absolute Gasteiger partial charge is 0.0754 e. The molecule has 0 saturated carbocycles. The highest BCUT2D eigenvalue weighted by Crippen LogP contribution is 2.25. The Labute approximate surface area is 80.3 Å². The molecule has 0 heteroatoms. The molecule has 1 aliphatic rings. The van der Waals surface area contributed by atoms with Gasteiger partial charge in [-0.05, 0) is 29.5 Å².